The van der Waals surface area contributed by atoms with Crippen molar-refractivity contribution in [2.75, 3.05) is 5.32 Å². The molecule has 4 N–H and O–H groups in total. The maximum atomic E-state index is 11.9. The molecule has 1 fully saturated rings. The number of nitrogens with one attached hydrogen (secondary N) is 1. The Morgan fingerprint density at radius 1 is 1.29 bits per heavy atom. The number of anilines is 1. The fourth-order valence-corrected chi connectivity index (χ4v) is 2.54. The van der Waals surface area contributed by atoms with E-state index in [-0.39, 0.29) is 23.4 Å². The molecular formula is C12H14N2O6S. The van der Waals surface area contributed by atoms with Crippen LogP contribution in [-0.2, 0) is 24.3 Å². The van der Waals surface area contributed by atoms with Crippen molar-refractivity contribution in [3.8, 4) is 0 Å². The van der Waals surface area contributed by atoms with Gasteiger partial charge in [-0.25, -0.2) is 18.4 Å². The molecule has 21 heavy (non-hydrogen) atoms. The van der Waals surface area contributed by atoms with E-state index in [2.05, 4.69) is 5.32 Å². The first-order valence-electron chi connectivity index (χ1n) is 6.09. The zero-order chi connectivity index (χ0) is 15.6. The lowest BCUT2D eigenvalue weighted by molar-refractivity contribution is -0.150. The van der Waals surface area contributed by atoms with Crippen LogP contribution in [0.15, 0.2) is 29.2 Å². The van der Waals surface area contributed by atoms with Gasteiger partial charge in [0.1, 0.15) is 6.10 Å². The van der Waals surface area contributed by atoms with E-state index in [1.807, 2.05) is 0 Å². The highest BCUT2D eigenvalue weighted by molar-refractivity contribution is 7.89. The second kappa shape index (κ2) is 5.80. The summed E-state index contributed by atoms with van der Waals surface area (Å²) in [7, 11) is -3.86. The number of carbonyl (C=O) groups is 2. The summed E-state index contributed by atoms with van der Waals surface area (Å²) in [4.78, 5) is 22.6. The predicted molar refractivity (Wildman–Crippen MR) is 72.0 cm³/mol. The van der Waals surface area contributed by atoms with Gasteiger partial charge in [0.2, 0.25) is 10.0 Å². The smallest absolute Gasteiger partial charge is 0.332 e. The zero-order valence-corrected chi connectivity index (χ0v) is 11.7. The monoisotopic (exact) mass is 314 g/mol. The van der Waals surface area contributed by atoms with Crippen molar-refractivity contribution >= 4 is 27.6 Å². The van der Waals surface area contributed by atoms with Gasteiger partial charge in [-0.3, -0.25) is 4.79 Å². The number of carbonyl (C=O) groups excluding carboxylic acids is 1. The molecular weight excluding hydrogens is 300 g/mol. The molecule has 1 aliphatic heterocycles. The van der Waals surface area contributed by atoms with Gasteiger partial charge in [-0.05, 0) is 31.0 Å². The average molecular weight is 314 g/mol. The van der Waals surface area contributed by atoms with Crippen LogP contribution < -0.4 is 10.5 Å². The van der Waals surface area contributed by atoms with E-state index in [1.165, 1.54) is 24.3 Å². The molecule has 114 valence electrons. The minimum Gasteiger partial charge on any atom is -0.479 e. The number of ether oxygens (including phenoxy) is 1. The van der Waals surface area contributed by atoms with Gasteiger partial charge < -0.3 is 15.2 Å². The summed E-state index contributed by atoms with van der Waals surface area (Å²) < 4.78 is 27.5. The van der Waals surface area contributed by atoms with E-state index >= 15 is 0 Å². The predicted octanol–water partition coefficient (Wildman–Crippen LogP) is -0.0953. The molecule has 8 nitrogen and oxygen atoms in total. The summed E-state index contributed by atoms with van der Waals surface area (Å²) in [6.45, 7) is 0. The van der Waals surface area contributed by atoms with Crippen molar-refractivity contribution in [2.24, 2.45) is 5.14 Å². The van der Waals surface area contributed by atoms with Gasteiger partial charge in [-0.1, -0.05) is 6.07 Å². The molecule has 9 heteroatoms. The highest BCUT2D eigenvalue weighted by atomic mass is 32.2. The van der Waals surface area contributed by atoms with Crippen molar-refractivity contribution in [2.45, 2.75) is 29.9 Å². The molecule has 1 amide bonds. The van der Waals surface area contributed by atoms with E-state index in [9.17, 15) is 18.0 Å². The number of nitrogens with two attached hydrogens (primary N) is 1. The van der Waals surface area contributed by atoms with E-state index in [4.69, 9.17) is 15.0 Å². The Kier molecular flexibility index (Phi) is 4.26. The average Bonchev–Trinajstić information content (AvgIpc) is 2.88. The van der Waals surface area contributed by atoms with Gasteiger partial charge in [0, 0.05) is 5.69 Å². The van der Waals surface area contributed by atoms with E-state index in [1.54, 1.807) is 0 Å². The van der Waals surface area contributed by atoms with Crippen molar-refractivity contribution in [1.82, 2.24) is 0 Å². The van der Waals surface area contributed by atoms with Crippen LogP contribution >= 0.6 is 0 Å². The number of carboxylic acids is 1. The lowest BCUT2D eigenvalue weighted by Gasteiger charge is -2.12. The van der Waals surface area contributed by atoms with Gasteiger partial charge >= 0.3 is 5.97 Å². The normalized spacial score (nSPS) is 22.0. The number of hydrogen-bond donors (Lipinski definition) is 3. The summed E-state index contributed by atoms with van der Waals surface area (Å²) >= 11 is 0. The van der Waals surface area contributed by atoms with E-state index in [0.717, 1.165) is 0 Å². The standard InChI is InChI=1S/C12H14N2O6S/c13-21(18,19)8-3-1-2-7(6-8)14-11(15)9-4-5-10(20-9)12(16)17/h1-3,6,9-10H,4-5H2,(H,14,15)(H,16,17)(H2,13,18,19)/t9-,10+/m0/s1. The molecule has 1 aliphatic rings. The van der Waals surface area contributed by atoms with Crippen molar-refractivity contribution < 1.29 is 27.9 Å². The quantitative estimate of drug-likeness (QED) is 0.710. The molecule has 0 aromatic heterocycles. The Balaban J connectivity index is 2.06. The summed E-state index contributed by atoms with van der Waals surface area (Å²) in [5.41, 5.74) is 0.244. The highest BCUT2D eigenvalue weighted by Gasteiger charge is 2.34. The number of benzene rings is 1. The lowest BCUT2D eigenvalue weighted by Crippen LogP contribution is -2.30. The Morgan fingerprint density at radius 2 is 1.95 bits per heavy atom. The van der Waals surface area contributed by atoms with Crippen LogP contribution in [-0.4, -0.2) is 37.6 Å². The summed E-state index contributed by atoms with van der Waals surface area (Å²) in [6, 6.07) is 5.45. The minimum absolute atomic E-state index is 0.129. The fourth-order valence-electron chi connectivity index (χ4n) is 1.99. The second-order valence-corrected chi connectivity index (χ2v) is 6.15. The Bertz CT molecular complexity index is 672. The van der Waals surface area contributed by atoms with Crippen molar-refractivity contribution in [3.05, 3.63) is 24.3 Å². The molecule has 1 aromatic rings. The molecule has 0 unspecified atom stereocenters. The van der Waals surface area contributed by atoms with Crippen LogP contribution in [0, 0.1) is 0 Å². The van der Waals surface area contributed by atoms with Crippen molar-refractivity contribution in [3.63, 3.8) is 0 Å². The minimum atomic E-state index is -3.86. The third kappa shape index (κ3) is 3.78. The maximum Gasteiger partial charge on any atom is 0.332 e. The first-order valence-corrected chi connectivity index (χ1v) is 7.64. The van der Waals surface area contributed by atoms with Gasteiger partial charge in [-0.2, -0.15) is 0 Å². The number of aliphatic carboxylic acids is 1. The number of hydrogen-bond acceptors (Lipinski definition) is 5. The Labute approximate surface area is 120 Å². The van der Waals surface area contributed by atoms with Crippen LogP contribution in [0.2, 0.25) is 0 Å². The molecule has 0 aliphatic carbocycles. The fraction of sp³-hybridized carbons (Fsp3) is 0.333. The first kappa shape index (κ1) is 15.4. The van der Waals surface area contributed by atoms with Gasteiger partial charge in [-0.15, -0.1) is 0 Å². The molecule has 0 bridgehead atoms. The lowest BCUT2D eigenvalue weighted by atomic mass is 10.2. The molecule has 2 atom stereocenters. The third-order valence-electron chi connectivity index (χ3n) is 3.02. The summed E-state index contributed by atoms with van der Waals surface area (Å²) in [6.07, 6.45) is -1.32. The Hall–Kier alpha value is -1.97. The second-order valence-electron chi connectivity index (χ2n) is 4.59. The highest BCUT2D eigenvalue weighted by Crippen LogP contribution is 2.22. The zero-order valence-electron chi connectivity index (χ0n) is 10.9. The molecule has 0 radical (unpaired) electrons. The van der Waals surface area contributed by atoms with Crippen LogP contribution in [0.3, 0.4) is 0 Å². The van der Waals surface area contributed by atoms with Crippen LogP contribution in [0.4, 0.5) is 5.69 Å². The van der Waals surface area contributed by atoms with E-state index < -0.39 is 34.1 Å². The van der Waals surface area contributed by atoms with Crippen LogP contribution in [0.5, 0.6) is 0 Å². The largest absolute Gasteiger partial charge is 0.479 e. The van der Waals surface area contributed by atoms with Crippen LogP contribution in [0.25, 0.3) is 0 Å². The van der Waals surface area contributed by atoms with Crippen LogP contribution in [0.1, 0.15) is 12.8 Å². The summed E-state index contributed by atoms with van der Waals surface area (Å²) in [5, 5.41) is 16.3. The number of primary sulfonamides is 1. The molecule has 1 saturated heterocycles. The number of amides is 1. The molecule has 0 saturated carbocycles. The van der Waals surface area contributed by atoms with E-state index in [0.29, 0.717) is 0 Å². The number of carboxylic acid groups (broad SMARTS) is 1. The Morgan fingerprint density at radius 3 is 2.52 bits per heavy atom. The number of rotatable bonds is 4. The van der Waals surface area contributed by atoms with Gasteiger partial charge in [0.25, 0.3) is 5.91 Å². The molecule has 1 aromatic carbocycles. The molecule has 0 spiro atoms. The first-order chi connectivity index (χ1) is 9.77. The third-order valence-corrected chi connectivity index (χ3v) is 3.93. The summed E-state index contributed by atoms with van der Waals surface area (Å²) in [5.74, 6) is -1.63. The number of sulfonamides is 1. The van der Waals surface area contributed by atoms with Crippen molar-refractivity contribution in [1.29, 1.82) is 0 Å². The maximum absolute atomic E-state index is 11.9. The van der Waals surface area contributed by atoms with Gasteiger partial charge in [0.05, 0.1) is 4.90 Å². The molecule has 2 rings (SSSR count). The van der Waals surface area contributed by atoms with Gasteiger partial charge in [0.15, 0.2) is 6.10 Å². The molecule has 1 heterocycles. The topological polar surface area (TPSA) is 136 Å². The SMILES string of the molecule is NS(=O)(=O)c1cccc(NC(=O)[C@@H]2CC[C@H](C(=O)O)O2)c1.